The molecule has 0 aliphatic carbocycles. The van der Waals surface area contributed by atoms with Gasteiger partial charge in [-0.3, -0.25) is 9.59 Å². The molecule has 1 saturated heterocycles. The smallest absolute Gasteiger partial charge is 0.316 e. The van der Waals surface area contributed by atoms with Gasteiger partial charge in [-0.2, -0.15) is 0 Å². The average Bonchev–Trinajstić information content (AvgIpc) is 3.15. The highest BCUT2D eigenvalue weighted by molar-refractivity contribution is 8.00. The molecule has 2 N–H and O–H groups in total. The van der Waals surface area contributed by atoms with Crippen LogP contribution in [0.15, 0.2) is 30.3 Å². The average molecular weight is 332 g/mol. The molecular weight excluding hydrogens is 316 g/mol. The number of benzene rings is 1. The Morgan fingerprint density at radius 1 is 1.35 bits per heavy atom. The fraction of sp³-hybridized carbons (Fsp3) is 0.333. The zero-order chi connectivity index (χ0) is 16.4. The summed E-state index contributed by atoms with van der Waals surface area (Å²) >= 11 is 1.35. The Hall–Kier alpha value is -2.35. The second-order valence-corrected chi connectivity index (χ2v) is 6.58. The fourth-order valence-corrected chi connectivity index (χ4v) is 3.75. The van der Waals surface area contributed by atoms with Crippen LogP contribution >= 0.6 is 11.8 Å². The van der Waals surface area contributed by atoms with Crippen LogP contribution in [0, 0.1) is 0 Å². The van der Waals surface area contributed by atoms with E-state index in [9.17, 15) is 9.59 Å². The van der Waals surface area contributed by atoms with Gasteiger partial charge in [-0.15, -0.1) is 16.9 Å². The number of aromatic nitrogens is 3. The Labute approximate surface area is 137 Å². The van der Waals surface area contributed by atoms with Crippen molar-refractivity contribution in [3.8, 4) is 11.3 Å². The first-order valence-electron chi connectivity index (χ1n) is 7.16. The number of hydrogen-bond acceptors (Lipinski definition) is 5. The van der Waals surface area contributed by atoms with E-state index in [1.807, 2.05) is 30.3 Å². The predicted molar refractivity (Wildman–Crippen MR) is 86.2 cm³/mol. The lowest BCUT2D eigenvalue weighted by Crippen LogP contribution is -2.36. The van der Waals surface area contributed by atoms with E-state index in [0.29, 0.717) is 23.6 Å². The first-order valence-corrected chi connectivity index (χ1v) is 8.21. The third-order valence-corrected chi connectivity index (χ3v) is 5.09. The molecule has 1 fully saturated rings. The van der Waals surface area contributed by atoms with E-state index in [1.54, 1.807) is 7.05 Å². The number of thioether (sulfide) groups is 1. The molecule has 3 rings (SSSR count). The maximum Gasteiger partial charge on any atom is 0.316 e. The summed E-state index contributed by atoms with van der Waals surface area (Å²) in [6.45, 7) is 0. The second kappa shape index (κ2) is 6.41. The van der Waals surface area contributed by atoms with E-state index in [2.05, 4.69) is 15.6 Å². The van der Waals surface area contributed by atoms with Crippen LogP contribution in [0.1, 0.15) is 16.9 Å². The zero-order valence-electron chi connectivity index (χ0n) is 12.5. The molecule has 23 heavy (non-hydrogen) atoms. The van der Waals surface area contributed by atoms with Crippen molar-refractivity contribution in [1.82, 2.24) is 20.3 Å². The van der Waals surface area contributed by atoms with Crippen molar-refractivity contribution in [2.75, 3.05) is 5.75 Å². The van der Waals surface area contributed by atoms with Crippen molar-refractivity contribution in [2.24, 2.45) is 7.05 Å². The molecule has 0 saturated carbocycles. The van der Waals surface area contributed by atoms with Crippen LogP contribution in [0.2, 0.25) is 0 Å². The molecule has 1 amide bonds. The molecule has 0 unspecified atom stereocenters. The van der Waals surface area contributed by atoms with Crippen molar-refractivity contribution < 1.29 is 14.7 Å². The van der Waals surface area contributed by atoms with Crippen molar-refractivity contribution >= 4 is 23.6 Å². The van der Waals surface area contributed by atoms with E-state index in [-0.39, 0.29) is 11.9 Å². The lowest BCUT2D eigenvalue weighted by atomic mass is 10.1. The number of aliphatic carboxylic acids is 1. The summed E-state index contributed by atoms with van der Waals surface area (Å²) < 4.78 is 1.44. The number of aryl methyl sites for hydroxylation is 1. The quantitative estimate of drug-likeness (QED) is 0.872. The van der Waals surface area contributed by atoms with Crippen LogP contribution in [0.4, 0.5) is 0 Å². The van der Waals surface area contributed by atoms with E-state index < -0.39 is 11.2 Å². The standard InChI is InChI=1S/C15H16N4O3S/c1-19-13(12(17-18-19)9-5-3-2-4-6-9)14(20)16-10-7-11(15(21)22)23-8-10/h2-6,10-11H,7-8H2,1H3,(H,16,20)(H,21,22)/t10-,11-/m0/s1. The number of amides is 1. The summed E-state index contributed by atoms with van der Waals surface area (Å²) in [6.07, 6.45) is 0.428. The molecule has 7 nitrogen and oxygen atoms in total. The molecule has 1 aliphatic heterocycles. The lowest BCUT2D eigenvalue weighted by molar-refractivity contribution is -0.136. The number of rotatable bonds is 4. The van der Waals surface area contributed by atoms with E-state index >= 15 is 0 Å². The number of carboxylic acid groups (broad SMARTS) is 1. The molecule has 120 valence electrons. The highest BCUT2D eigenvalue weighted by Gasteiger charge is 2.32. The van der Waals surface area contributed by atoms with Gasteiger partial charge in [0.05, 0.1) is 0 Å². The Kier molecular flexibility index (Phi) is 4.33. The van der Waals surface area contributed by atoms with E-state index in [4.69, 9.17) is 5.11 Å². The van der Waals surface area contributed by atoms with Gasteiger partial charge in [0.25, 0.3) is 5.91 Å². The Morgan fingerprint density at radius 3 is 2.74 bits per heavy atom. The zero-order valence-corrected chi connectivity index (χ0v) is 13.3. The second-order valence-electron chi connectivity index (χ2n) is 5.34. The largest absolute Gasteiger partial charge is 0.480 e. The van der Waals surface area contributed by atoms with Gasteiger partial charge in [0.15, 0.2) is 5.69 Å². The molecule has 8 heteroatoms. The van der Waals surface area contributed by atoms with Crippen LogP contribution in [0.5, 0.6) is 0 Å². The molecule has 2 atom stereocenters. The summed E-state index contributed by atoms with van der Waals surface area (Å²) in [4.78, 5) is 23.6. The lowest BCUT2D eigenvalue weighted by Gasteiger charge is -2.12. The molecule has 2 aromatic rings. The summed E-state index contributed by atoms with van der Waals surface area (Å²) in [5.74, 6) is -0.527. The minimum absolute atomic E-state index is 0.160. The number of nitrogens with zero attached hydrogens (tertiary/aromatic N) is 3. The minimum atomic E-state index is -0.834. The summed E-state index contributed by atoms with van der Waals surface area (Å²) in [6, 6.07) is 9.21. The van der Waals surface area contributed by atoms with Crippen LogP contribution in [0.25, 0.3) is 11.3 Å². The van der Waals surface area contributed by atoms with Crippen molar-refractivity contribution in [2.45, 2.75) is 17.7 Å². The summed E-state index contributed by atoms with van der Waals surface area (Å²) in [7, 11) is 1.66. The van der Waals surface area contributed by atoms with Gasteiger partial charge in [0.2, 0.25) is 0 Å². The van der Waals surface area contributed by atoms with Crippen LogP contribution < -0.4 is 5.32 Å². The van der Waals surface area contributed by atoms with E-state index in [0.717, 1.165) is 5.56 Å². The molecule has 1 aromatic heterocycles. The van der Waals surface area contributed by atoms with Gasteiger partial charge in [0, 0.05) is 24.4 Å². The van der Waals surface area contributed by atoms with Crippen LogP contribution in [-0.2, 0) is 11.8 Å². The number of carbonyl (C=O) groups is 2. The third kappa shape index (κ3) is 3.21. The van der Waals surface area contributed by atoms with Gasteiger partial charge in [0.1, 0.15) is 10.9 Å². The molecule has 0 spiro atoms. The van der Waals surface area contributed by atoms with Crippen molar-refractivity contribution in [1.29, 1.82) is 0 Å². The molecule has 0 radical (unpaired) electrons. The third-order valence-electron chi connectivity index (χ3n) is 3.70. The topological polar surface area (TPSA) is 97.1 Å². The Balaban J connectivity index is 1.78. The number of carbonyl (C=O) groups excluding carboxylic acids is 1. The van der Waals surface area contributed by atoms with Crippen molar-refractivity contribution in [3.05, 3.63) is 36.0 Å². The molecule has 2 heterocycles. The van der Waals surface area contributed by atoms with Gasteiger partial charge in [-0.1, -0.05) is 35.5 Å². The Morgan fingerprint density at radius 2 is 2.09 bits per heavy atom. The number of hydrogen-bond donors (Lipinski definition) is 2. The molecule has 0 bridgehead atoms. The van der Waals surface area contributed by atoms with Crippen molar-refractivity contribution in [3.63, 3.8) is 0 Å². The molecule has 1 aromatic carbocycles. The first kappa shape index (κ1) is 15.5. The summed E-state index contributed by atoms with van der Waals surface area (Å²) in [5.41, 5.74) is 1.71. The highest BCUT2D eigenvalue weighted by Crippen LogP contribution is 2.27. The fourth-order valence-electron chi connectivity index (χ4n) is 2.56. The summed E-state index contributed by atoms with van der Waals surface area (Å²) in [5, 5.41) is 19.5. The number of nitrogens with one attached hydrogen (secondary N) is 1. The first-order chi connectivity index (χ1) is 11.1. The minimum Gasteiger partial charge on any atom is -0.480 e. The van der Waals surface area contributed by atoms with Gasteiger partial charge < -0.3 is 10.4 Å². The molecular formula is C15H16N4O3S. The predicted octanol–water partition coefficient (Wildman–Crippen LogP) is 1.17. The van der Waals surface area contributed by atoms with Crippen LogP contribution in [0.3, 0.4) is 0 Å². The normalized spacial score (nSPS) is 20.4. The maximum absolute atomic E-state index is 12.6. The van der Waals surface area contributed by atoms with Gasteiger partial charge in [-0.25, -0.2) is 4.68 Å². The maximum atomic E-state index is 12.6. The van der Waals surface area contributed by atoms with Gasteiger partial charge >= 0.3 is 5.97 Å². The highest BCUT2D eigenvalue weighted by atomic mass is 32.2. The van der Waals surface area contributed by atoms with Gasteiger partial charge in [-0.05, 0) is 6.42 Å². The van der Waals surface area contributed by atoms with Crippen LogP contribution in [-0.4, -0.2) is 49.0 Å². The Bertz CT molecular complexity index is 732. The monoisotopic (exact) mass is 332 g/mol. The van der Waals surface area contributed by atoms with E-state index in [1.165, 1.54) is 16.4 Å². The SMILES string of the molecule is Cn1nnc(-c2ccccc2)c1C(=O)N[C@@H]1CS[C@H](C(=O)O)C1. The molecule has 1 aliphatic rings. The number of carboxylic acids is 1.